The Bertz CT molecular complexity index is 210. The molecule has 3 nitrogen and oxygen atoms in total. The van der Waals surface area contributed by atoms with Crippen LogP contribution in [0, 0.1) is 0 Å². The molecule has 0 aromatic carbocycles. The van der Waals surface area contributed by atoms with Crippen molar-refractivity contribution in [2.45, 2.75) is 57.4 Å². The lowest BCUT2D eigenvalue weighted by Gasteiger charge is -2.44. The van der Waals surface area contributed by atoms with Crippen LogP contribution in [0.1, 0.15) is 51.4 Å². The van der Waals surface area contributed by atoms with Gasteiger partial charge in [-0.1, -0.05) is 12.8 Å². The normalized spacial score (nSPS) is 30.7. The summed E-state index contributed by atoms with van der Waals surface area (Å²) < 4.78 is 0. The Labute approximate surface area is 112 Å². The number of hydrogen-bond acceptors (Lipinski definition) is 3. The van der Waals surface area contributed by atoms with Gasteiger partial charge in [0, 0.05) is 32.2 Å². The summed E-state index contributed by atoms with van der Waals surface area (Å²) >= 11 is 0. The number of rotatable bonds is 2. The first kappa shape index (κ1) is 12.9. The summed E-state index contributed by atoms with van der Waals surface area (Å²) in [7, 11) is 0. The van der Waals surface area contributed by atoms with Gasteiger partial charge in [0.1, 0.15) is 0 Å². The third kappa shape index (κ3) is 3.06. The second-order valence-corrected chi connectivity index (χ2v) is 6.30. The Morgan fingerprint density at radius 1 is 0.500 bits per heavy atom. The molecule has 3 heterocycles. The summed E-state index contributed by atoms with van der Waals surface area (Å²) in [6.45, 7) is 7.98. The van der Waals surface area contributed by atoms with Crippen molar-refractivity contribution in [1.82, 2.24) is 14.9 Å². The molecule has 3 aliphatic rings. The van der Waals surface area contributed by atoms with Crippen LogP contribution in [0.2, 0.25) is 0 Å². The molecule has 3 fully saturated rings. The lowest BCUT2D eigenvalue weighted by molar-refractivity contribution is -0.0679. The lowest BCUT2D eigenvalue weighted by Crippen LogP contribution is -2.53. The molecule has 18 heavy (non-hydrogen) atoms. The molecule has 0 aliphatic carbocycles. The molecular formula is C15H29N3. The number of nitrogens with zero attached hydrogens (tertiary/aromatic N) is 3. The van der Waals surface area contributed by atoms with Gasteiger partial charge in [0.05, 0.1) is 0 Å². The molecule has 0 spiro atoms. The van der Waals surface area contributed by atoms with Gasteiger partial charge in [0.15, 0.2) is 0 Å². The zero-order valence-corrected chi connectivity index (χ0v) is 11.8. The van der Waals surface area contributed by atoms with Gasteiger partial charge < -0.3 is 4.90 Å². The van der Waals surface area contributed by atoms with Gasteiger partial charge in [-0.15, -0.1) is 0 Å². The molecule has 0 bridgehead atoms. The van der Waals surface area contributed by atoms with E-state index in [4.69, 9.17) is 0 Å². The van der Waals surface area contributed by atoms with Crippen LogP contribution in [0.25, 0.3) is 0 Å². The average Bonchev–Trinajstić information content (AvgIpc) is 2.49. The van der Waals surface area contributed by atoms with Crippen molar-refractivity contribution < 1.29 is 0 Å². The van der Waals surface area contributed by atoms with Gasteiger partial charge in [-0.25, -0.2) is 10.0 Å². The summed E-state index contributed by atoms with van der Waals surface area (Å²) in [6, 6.07) is 0.895. The minimum atomic E-state index is 0.895. The first-order valence-electron chi connectivity index (χ1n) is 8.17. The molecule has 0 amide bonds. The second kappa shape index (κ2) is 6.36. The maximum absolute atomic E-state index is 2.77. The zero-order valence-electron chi connectivity index (χ0n) is 11.8. The van der Waals surface area contributed by atoms with E-state index >= 15 is 0 Å². The Hall–Kier alpha value is -0.120. The fourth-order valence-electron chi connectivity index (χ4n) is 3.94. The Morgan fingerprint density at radius 2 is 1.00 bits per heavy atom. The SMILES string of the molecule is C1CCN(C2CCN(N3CCCCC3)CC2)CC1. The topological polar surface area (TPSA) is 9.72 Å². The molecular weight excluding hydrogens is 222 g/mol. The van der Waals surface area contributed by atoms with Crippen LogP contribution in [0.5, 0.6) is 0 Å². The standard InChI is InChI=1S/C15H29N3/c1-3-9-16(10-4-1)15-7-13-18(14-8-15)17-11-5-2-6-12-17/h15H,1-14H2. The van der Waals surface area contributed by atoms with Gasteiger partial charge in [0.2, 0.25) is 0 Å². The summed E-state index contributed by atoms with van der Waals surface area (Å²) in [5.41, 5.74) is 0. The van der Waals surface area contributed by atoms with Crippen LogP contribution in [0.3, 0.4) is 0 Å². The van der Waals surface area contributed by atoms with Crippen molar-refractivity contribution in [1.29, 1.82) is 0 Å². The van der Waals surface area contributed by atoms with Gasteiger partial charge in [-0.3, -0.25) is 0 Å². The van der Waals surface area contributed by atoms with E-state index in [0.29, 0.717) is 0 Å². The highest BCUT2D eigenvalue weighted by atomic mass is 15.6. The number of hydrogen-bond donors (Lipinski definition) is 0. The average molecular weight is 251 g/mol. The van der Waals surface area contributed by atoms with Crippen LogP contribution in [0.4, 0.5) is 0 Å². The van der Waals surface area contributed by atoms with Crippen molar-refractivity contribution in [3.63, 3.8) is 0 Å². The van der Waals surface area contributed by atoms with E-state index < -0.39 is 0 Å². The van der Waals surface area contributed by atoms with E-state index in [9.17, 15) is 0 Å². The van der Waals surface area contributed by atoms with Gasteiger partial charge in [0.25, 0.3) is 0 Å². The van der Waals surface area contributed by atoms with Crippen molar-refractivity contribution in [2.75, 3.05) is 39.3 Å². The van der Waals surface area contributed by atoms with Crippen molar-refractivity contribution >= 4 is 0 Å². The number of piperidine rings is 3. The summed E-state index contributed by atoms with van der Waals surface area (Å²) in [6.07, 6.45) is 11.4. The number of likely N-dealkylation sites (tertiary alicyclic amines) is 1. The molecule has 0 saturated carbocycles. The number of hydrazine groups is 1. The largest absolute Gasteiger partial charge is 0.300 e. The van der Waals surface area contributed by atoms with E-state index in [1.165, 1.54) is 90.6 Å². The van der Waals surface area contributed by atoms with Crippen LogP contribution in [-0.4, -0.2) is 60.2 Å². The second-order valence-electron chi connectivity index (χ2n) is 6.30. The smallest absolute Gasteiger partial charge is 0.0148 e. The molecule has 0 atom stereocenters. The van der Waals surface area contributed by atoms with Crippen LogP contribution < -0.4 is 0 Å². The maximum atomic E-state index is 2.77. The third-order valence-corrected chi connectivity index (χ3v) is 5.08. The monoisotopic (exact) mass is 251 g/mol. The fraction of sp³-hybridized carbons (Fsp3) is 1.00. The summed E-state index contributed by atoms with van der Waals surface area (Å²) in [5.74, 6) is 0. The predicted octanol–water partition coefficient (Wildman–Crippen LogP) is 2.34. The third-order valence-electron chi connectivity index (χ3n) is 5.08. The summed E-state index contributed by atoms with van der Waals surface area (Å²) in [5, 5.41) is 5.29. The van der Waals surface area contributed by atoms with E-state index in [-0.39, 0.29) is 0 Å². The predicted molar refractivity (Wildman–Crippen MR) is 75.4 cm³/mol. The minimum Gasteiger partial charge on any atom is -0.300 e. The molecule has 3 heteroatoms. The van der Waals surface area contributed by atoms with E-state index in [1.54, 1.807) is 0 Å². The van der Waals surface area contributed by atoms with Crippen LogP contribution in [-0.2, 0) is 0 Å². The molecule has 3 rings (SSSR count). The summed E-state index contributed by atoms with van der Waals surface area (Å²) in [4.78, 5) is 2.77. The lowest BCUT2D eigenvalue weighted by atomic mass is 10.0. The molecule has 104 valence electrons. The first-order valence-corrected chi connectivity index (χ1v) is 8.17. The van der Waals surface area contributed by atoms with E-state index in [1.807, 2.05) is 0 Å². The van der Waals surface area contributed by atoms with E-state index in [0.717, 1.165) is 6.04 Å². The van der Waals surface area contributed by atoms with Crippen molar-refractivity contribution in [2.24, 2.45) is 0 Å². The van der Waals surface area contributed by atoms with Gasteiger partial charge in [-0.05, 0) is 51.6 Å². The Balaban J connectivity index is 1.45. The molecule has 0 unspecified atom stereocenters. The highest BCUT2D eigenvalue weighted by Gasteiger charge is 2.28. The molecule has 0 aromatic rings. The highest BCUT2D eigenvalue weighted by molar-refractivity contribution is 4.81. The van der Waals surface area contributed by atoms with E-state index in [2.05, 4.69) is 14.9 Å². The first-order chi connectivity index (χ1) is 8.93. The molecule has 0 aromatic heterocycles. The minimum absolute atomic E-state index is 0.895. The quantitative estimate of drug-likeness (QED) is 0.746. The van der Waals surface area contributed by atoms with Crippen molar-refractivity contribution in [3.8, 4) is 0 Å². The van der Waals surface area contributed by atoms with Crippen LogP contribution in [0.15, 0.2) is 0 Å². The van der Waals surface area contributed by atoms with Gasteiger partial charge in [-0.2, -0.15) is 0 Å². The van der Waals surface area contributed by atoms with Gasteiger partial charge >= 0.3 is 0 Å². The Kier molecular flexibility index (Phi) is 4.55. The zero-order chi connectivity index (χ0) is 12.2. The molecule has 0 radical (unpaired) electrons. The maximum Gasteiger partial charge on any atom is 0.0148 e. The molecule has 3 saturated heterocycles. The fourth-order valence-corrected chi connectivity index (χ4v) is 3.94. The van der Waals surface area contributed by atoms with Crippen LogP contribution >= 0.6 is 0 Å². The van der Waals surface area contributed by atoms with Crippen molar-refractivity contribution in [3.05, 3.63) is 0 Å². The Morgan fingerprint density at radius 3 is 1.61 bits per heavy atom. The highest BCUT2D eigenvalue weighted by Crippen LogP contribution is 2.23. The molecule has 3 aliphatic heterocycles. The molecule has 0 N–H and O–H groups in total.